The number of hydrogen-bond acceptors (Lipinski definition) is 3. The zero-order chi connectivity index (χ0) is 15.1. The van der Waals surface area contributed by atoms with E-state index in [1.165, 1.54) is 5.56 Å². The summed E-state index contributed by atoms with van der Waals surface area (Å²) >= 11 is 5.33. The monoisotopic (exact) mass is 308 g/mol. The Bertz CT molecular complexity index is 444. The highest BCUT2D eigenvalue weighted by atomic mass is 32.1. The van der Waals surface area contributed by atoms with Crippen LogP contribution < -0.4 is 15.4 Å². The molecule has 1 aliphatic rings. The van der Waals surface area contributed by atoms with Crippen molar-refractivity contribution in [2.45, 2.75) is 38.8 Å². The van der Waals surface area contributed by atoms with Gasteiger partial charge in [0.25, 0.3) is 0 Å². The molecule has 1 heterocycles. The van der Waals surface area contributed by atoms with Gasteiger partial charge >= 0.3 is 0 Å². The Balaban J connectivity index is 1.76. The van der Waals surface area contributed by atoms with Crippen LogP contribution in [0, 0.1) is 0 Å². The van der Waals surface area contributed by atoms with Crippen molar-refractivity contribution in [3.05, 3.63) is 29.8 Å². The van der Waals surface area contributed by atoms with E-state index in [1.807, 2.05) is 19.1 Å². The Morgan fingerprint density at radius 2 is 2.19 bits per heavy atom. The minimum atomic E-state index is 0.158. The molecule has 116 valence electrons. The zero-order valence-electron chi connectivity index (χ0n) is 12.7. The number of ether oxygens (including phenoxy) is 2. The predicted octanol–water partition coefficient (Wildman–Crippen LogP) is 2.79. The fourth-order valence-electron chi connectivity index (χ4n) is 2.36. The van der Waals surface area contributed by atoms with E-state index in [9.17, 15) is 0 Å². The van der Waals surface area contributed by atoms with Crippen LogP contribution in [0.3, 0.4) is 0 Å². The third-order valence-corrected chi connectivity index (χ3v) is 3.82. The van der Waals surface area contributed by atoms with Gasteiger partial charge in [-0.1, -0.05) is 12.1 Å². The van der Waals surface area contributed by atoms with Gasteiger partial charge in [-0.3, -0.25) is 0 Å². The maximum Gasteiger partial charge on any atom is 0.166 e. The van der Waals surface area contributed by atoms with Crippen LogP contribution in [0.25, 0.3) is 0 Å². The summed E-state index contributed by atoms with van der Waals surface area (Å²) in [7, 11) is 0. The van der Waals surface area contributed by atoms with Crippen LogP contribution in [-0.4, -0.2) is 31.0 Å². The first-order valence-electron chi connectivity index (χ1n) is 7.57. The number of rotatable bonds is 6. The van der Waals surface area contributed by atoms with Crippen molar-refractivity contribution in [2.24, 2.45) is 0 Å². The lowest BCUT2D eigenvalue weighted by Crippen LogP contribution is -2.40. The van der Waals surface area contributed by atoms with E-state index >= 15 is 0 Å². The van der Waals surface area contributed by atoms with E-state index in [2.05, 4.69) is 29.7 Å². The average Bonchev–Trinajstić information content (AvgIpc) is 2.99. The van der Waals surface area contributed by atoms with Gasteiger partial charge in [0, 0.05) is 13.2 Å². The Morgan fingerprint density at radius 1 is 1.43 bits per heavy atom. The molecule has 0 amide bonds. The van der Waals surface area contributed by atoms with Crippen molar-refractivity contribution in [1.29, 1.82) is 0 Å². The summed E-state index contributed by atoms with van der Waals surface area (Å²) in [6.07, 6.45) is 2.56. The van der Waals surface area contributed by atoms with Crippen LogP contribution in [0.4, 0.5) is 0 Å². The topological polar surface area (TPSA) is 42.5 Å². The van der Waals surface area contributed by atoms with Gasteiger partial charge in [0.15, 0.2) is 5.11 Å². The normalized spacial score (nSPS) is 19.0. The molecule has 21 heavy (non-hydrogen) atoms. The van der Waals surface area contributed by atoms with Crippen molar-refractivity contribution in [1.82, 2.24) is 10.6 Å². The van der Waals surface area contributed by atoms with Crippen LogP contribution in [0.1, 0.15) is 38.3 Å². The summed E-state index contributed by atoms with van der Waals surface area (Å²) in [5, 5.41) is 7.20. The third-order valence-electron chi connectivity index (χ3n) is 3.55. The lowest BCUT2D eigenvalue weighted by molar-refractivity contribution is 0.114. The number of benzene rings is 1. The van der Waals surface area contributed by atoms with Gasteiger partial charge in [0.2, 0.25) is 0 Å². The van der Waals surface area contributed by atoms with Gasteiger partial charge in [0.1, 0.15) is 5.75 Å². The summed E-state index contributed by atoms with van der Waals surface area (Å²) in [5.74, 6) is 0.896. The molecule has 2 rings (SSSR count). The Morgan fingerprint density at radius 3 is 2.81 bits per heavy atom. The molecule has 0 spiro atoms. The lowest BCUT2D eigenvalue weighted by Gasteiger charge is -2.19. The summed E-state index contributed by atoms with van der Waals surface area (Å²) < 4.78 is 11.0. The fourth-order valence-corrected chi connectivity index (χ4v) is 2.62. The SMILES string of the molecule is CCOc1ccc(C(C)NC(=S)NCC2CCCO2)cc1. The molecule has 4 nitrogen and oxygen atoms in total. The van der Waals surface area contributed by atoms with Crippen molar-refractivity contribution >= 4 is 17.3 Å². The van der Waals surface area contributed by atoms with Gasteiger partial charge in [-0.2, -0.15) is 0 Å². The van der Waals surface area contributed by atoms with Crippen molar-refractivity contribution < 1.29 is 9.47 Å². The van der Waals surface area contributed by atoms with E-state index in [4.69, 9.17) is 21.7 Å². The molecule has 0 aliphatic carbocycles. The largest absolute Gasteiger partial charge is 0.494 e. The highest BCUT2D eigenvalue weighted by Crippen LogP contribution is 2.17. The molecule has 1 aromatic carbocycles. The summed E-state index contributed by atoms with van der Waals surface area (Å²) in [4.78, 5) is 0. The fraction of sp³-hybridized carbons (Fsp3) is 0.562. The van der Waals surface area contributed by atoms with Gasteiger partial charge in [0.05, 0.1) is 18.8 Å². The molecular formula is C16H24N2O2S. The molecule has 0 radical (unpaired) electrons. The molecule has 0 aromatic heterocycles. The number of hydrogen-bond donors (Lipinski definition) is 2. The summed E-state index contributed by atoms with van der Waals surface area (Å²) in [6, 6.07) is 8.25. The van der Waals surface area contributed by atoms with E-state index in [1.54, 1.807) is 0 Å². The smallest absolute Gasteiger partial charge is 0.166 e. The molecule has 0 saturated carbocycles. The van der Waals surface area contributed by atoms with Crippen LogP contribution >= 0.6 is 12.2 Å². The second kappa shape index (κ2) is 8.20. The van der Waals surface area contributed by atoms with Crippen LogP contribution in [0.15, 0.2) is 24.3 Å². The minimum absolute atomic E-state index is 0.158. The molecule has 2 N–H and O–H groups in total. The van der Waals surface area contributed by atoms with Crippen molar-refractivity contribution in [2.75, 3.05) is 19.8 Å². The quantitative estimate of drug-likeness (QED) is 0.791. The maximum atomic E-state index is 5.57. The molecule has 2 unspecified atom stereocenters. The first kappa shape index (κ1) is 16.0. The molecule has 1 saturated heterocycles. The molecule has 0 bridgehead atoms. The maximum absolute atomic E-state index is 5.57. The average molecular weight is 308 g/mol. The molecule has 2 atom stereocenters. The predicted molar refractivity (Wildman–Crippen MR) is 88.7 cm³/mol. The van der Waals surface area contributed by atoms with E-state index in [0.29, 0.717) is 17.8 Å². The molecular weight excluding hydrogens is 284 g/mol. The van der Waals surface area contributed by atoms with Crippen LogP contribution in [-0.2, 0) is 4.74 Å². The highest BCUT2D eigenvalue weighted by molar-refractivity contribution is 7.80. The van der Waals surface area contributed by atoms with Gasteiger partial charge in [-0.05, 0) is 56.6 Å². The second-order valence-corrected chi connectivity index (χ2v) is 5.62. The number of nitrogens with one attached hydrogen (secondary N) is 2. The minimum Gasteiger partial charge on any atom is -0.494 e. The zero-order valence-corrected chi connectivity index (χ0v) is 13.5. The van der Waals surface area contributed by atoms with E-state index < -0.39 is 0 Å². The highest BCUT2D eigenvalue weighted by Gasteiger charge is 2.15. The van der Waals surface area contributed by atoms with Gasteiger partial charge in [-0.15, -0.1) is 0 Å². The first-order chi connectivity index (χ1) is 10.2. The first-order valence-corrected chi connectivity index (χ1v) is 7.98. The third kappa shape index (κ3) is 5.17. The van der Waals surface area contributed by atoms with Crippen molar-refractivity contribution in [3.8, 4) is 5.75 Å². The van der Waals surface area contributed by atoms with Gasteiger partial charge in [-0.25, -0.2) is 0 Å². The second-order valence-electron chi connectivity index (χ2n) is 5.21. The van der Waals surface area contributed by atoms with Crippen LogP contribution in [0.2, 0.25) is 0 Å². The van der Waals surface area contributed by atoms with E-state index in [0.717, 1.165) is 31.7 Å². The van der Waals surface area contributed by atoms with Crippen molar-refractivity contribution in [3.63, 3.8) is 0 Å². The molecule has 1 aromatic rings. The Hall–Kier alpha value is -1.33. The van der Waals surface area contributed by atoms with Gasteiger partial charge < -0.3 is 20.1 Å². The molecule has 5 heteroatoms. The molecule has 1 fully saturated rings. The Labute approximate surface area is 132 Å². The standard InChI is InChI=1S/C16H24N2O2S/c1-3-19-14-8-6-13(7-9-14)12(2)18-16(21)17-11-15-5-4-10-20-15/h6-9,12,15H,3-5,10-11H2,1-2H3,(H2,17,18,21). The summed E-state index contributed by atoms with van der Waals surface area (Å²) in [5.41, 5.74) is 1.18. The van der Waals surface area contributed by atoms with E-state index in [-0.39, 0.29) is 6.04 Å². The molecule has 1 aliphatic heterocycles. The lowest BCUT2D eigenvalue weighted by atomic mass is 10.1. The summed E-state index contributed by atoms with van der Waals surface area (Å²) in [6.45, 7) is 6.41. The number of thiocarbonyl (C=S) groups is 1. The Kier molecular flexibility index (Phi) is 6.26. The van der Waals surface area contributed by atoms with Crippen LogP contribution in [0.5, 0.6) is 5.75 Å².